The maximum absolute atomic E-state index is 11.9. The summed E-state index contributed by atoms with van der Waals surface area (Å²) in [6.45, 7) is 0. The zero-order valence-electron chi connectivity index (χ0n) is 11.7. The molecule has 0 aliphatic rings. The van der Waals surface area contributed by atoms with E-state index in [4.69, 9.17) is 0 Å². The van der Waals surface area contributed by atoms with Crippen molar-refractivity contribution in [3.05, 3.63) is 69.7 Å². The largest absolute Gasteiger partial charge is 0.465 e. The van der Waals surface area contributed by atoms with Gasteiger partial charge in [0.05, 0.1) is 24.5 Å². The van der Waals surface area contributed by atoms with Crippen molar-refractivity contribution in [2.24, 2.45) is 5.10 Å². The van der Waals surface area contributed by atoms with E-state index in [0.29, 0.717) is 15.6 Å². The second-order valence-electron chi connectivity index (χ2n) is 4.29. The normalized spacial score (nSPS) is 10.5. The number of benzene rings is 2. The lowest BCUT2D eigenvalue weighted by atomic mass is 10.1. The SMILES string of the molecule is COC(=O)c1ccc(/C=N\NC(=O)c2ccccc2Br)cc1. The summed E-state index contributed by atoms with van der Waals surface area (Å²) in [5, 5.41) is 3.89. The molecule has 2 aromatic carbocycles. The summed E-state index contributed by atoms with van der Waals surface area (Å²) < 4.78 is 5.31. The third-order valence-electron chi connectivity index (χ3n) is 2.83. The van der Waals surface area contributed by atoms with Gasteiger partial charge in [0, 0.05) is 4.47 Å². The lowest BCUT2D eigenvalue weighted by molar-refractivity contribution is 0.0600. The summed E-state index contributed by atoms with van der Waals surface area (Å²) >= 11 is 3.31. The molecule has 22 heavy (non-hydrogen) atoms. The summed E-state index contributed by atoms with van der Waals surface area (Å²) in [6.07, 6.45) is 1.50. The second-order valence-corrected chi connectivity index (χ2v) is 5.15. The number of nitrogens with zero attached hydrogens (tertiary/aromatic N) is 1. The van der Waals surface area contributed by atoms with Crippen LogP contribution in [0, 0.1) is 0 Å². The highest BCUT2D eigenvalue weighted by molar-refractivity contribution is 9.10. The molecule has 0 aliphatic carbocycles. The van der Waals surface area contributed by atoms with Crippen LogP contribution >= 0.6 is 15.9 Å². The summed E-state index contributed by atoms with van der Waals surface area (Å²) in [5.41, 5.74) is 4.15. The summed E-state index contributed by atoms with van der Waals surface area (Å²) in [4.78, 5) is 23.2. The first-order valence-corrected chi connectivity index (χ1v) is 7.17. The standard InChI is InChI=1S/C16H13BrN2O3/c1-22-16(21)12-8-6-11(7-9-12)10-18-19-15(20)13-4-2-3-5-14(13)17/h2-10H,1H3,(H,19,20)/b18-10-. The maximum atomic E-state index is 11.9. The molecule has 0 atom stereocenters. The van der Waals surface area contributed by atoms with Crippen LogP contribution in [0.15, 0.2) is 58.1 Å². The van der Waals surface area contributed by atoms with E-state index < -0.39 is 5.97 Å². The third-order valence-corrected chi connectivity index (χ3v) is 3.52. The van der Waals surface area contributed by atoms with Crippen molar-refractivity contribution in [1.29, 1.82) is 0 Å². The van der Waals surface area contributed by atoms with E-state index in [2.05, 4.69) is 31.2 Å². The van der Waals surface area contributed by atoms with Crippen LogP contribution in [-0.4, -0.2) is 25.2 Å². The molecular weight excluding hydrogens is 348 g/mol. The maximum Gasteiger partial charge on any atom is 0.337 e. The smallest absolute Gasteiger partial charge is 0.337 e. The Labute approximate surface area is 136 Å². The van der Waals surface area contributed by atoms with Crippen molar-refractivity contribution in [2.75, 3.05) is 7.11 Å². The number of hydrogen-bond acceptors (Lipinski definition) is 4. The Hall–Kier alpha value is -2.47. The zero-order chi connectivity index (χ0) is 15.9. The highest BCUT2D eigenvalue weighted by Gasteiger charge is 2.07. The van der Waals surface area contributed by atoms with Crippen molar-refractivity contribution < 1.29 is 14.3 Å². The predicted octanol–water partition coefficient (Wildman–Crippen LogP) is 3.00. The Morgan fingerprint density at radius 2 is 1.82 bits per heavy atom. The van der Waals surface area contributed by atoms with Gasteiger partial charge in [-0.25, -0.2) is 10.2 Å². The first kappa shape index (κ1) is 15.9. The molecule has 0 radical (unpaired) electrons. The molecule has 0 saturated heterocycles. The van der Waals surface area contributed by atoms with Crippen molar-refractivity contribution in [3.8, 4) is 0 Å². The van der Waals surface area contributed by atoms with Crippen LogP contribution in [0.4, 0.5) is 0 Å². The van der Waals surface area contributed by atoms with Gasteiger partial charge in [-0.1, -0.05) is 24.3 Å². The number of nitrogens with one attached hydrogen (secondary N) is 1. The van der Waals surface area contributed by atoms with Crippen molar-refractivity contribution in [3.63, 3.8) is 0 Å². The van der Waals surface area contributed by atoms with Gasteiger partial charge in [0.15, 0.2) is 0 Å². The van der Waals surface area contributed by atoms with Gasteiger partial charge in [0.25, 0.3) is 5.91 Å². The number of esters is 1. The minimum absolute atomic E-state index is 0.310. The fraction of sp³-hybridized carbons (Fsp3) is 0.0625. The number of rotatable bonds is 4. The first-order valence-electron chi connectivity index (χ1n) is 6.38. The quantitative estimate of drug-likeness (QED) is 0.517. The highest BCUT2D eigenvalue weighted by Crippen LogP contribution is 2.15. The molecule has 0 fully saturated rings. The predicted molar refractivity (Wildman–Crippen MR) is 87.0 cm³/mol. The van der Waals surface area contributed by atoms with Crippen molar-refractivity contribution >= 4 is 34.0 Å². The van der Waals surface area contributed by atoms with E-state index in [0.717, 1.165) is 5.56 Å². The minimum Gasteiger partial charge on any atom is -0.465 e. The van der Waals surface area contributed by atoms with Crippen LogP contribution < -0.4 is 5.43 Å². The number of hydrogen-bond donors (Lipinski definition) is 1. The highest BCUT2D eigenvalue weighted by atomic mass is 79.9. The number of carbonyl (C=O) groups is 2. The molecule has 6 heteroatoms. The molecule has 0 heterocycles. The molecule has 2 rings (SSSR count). The van der Waals surface area contributed by atoms with Crippen LogP contribution in [-0.2, 0) is 4.74 Å². The van der Waals surface area contributed by atoms with Gasteiger partial charge >= 0.3 is 5.97 Å². The monoisotopic (exact) mass is 360 g/mol. The van der Waals surface area contributed by atoms with Crippen LogP contribution in [0.25, 0.3) is 0 Å². The molecule has 0 saturated carbocycles. The molecule has 1 amide bonds. The van der Waals surface area contributed by atoms with E-state index >= 15 is 0 Å². The molecule has 2 aromatic rings. The van der Waals surface area contributed by atoms with Gasteiger partial charge < -0.3 is 4.74 Å². The molecule has 112 valence electrons. The Morgan fingerprint density at radius 3 is 2.45 bits per heavy atom. The Kier molecular flexibility index (Phi) is 5.43. The summed E-state index contributed by atoms with van der Waals surface area (Å²) in [6, 6.07) is 13.7. The molecule has 5 nitrogen and oxygen atoms in total. The third kappa shape index (κ3) is 4.02. The Morgan fingerprint density at radius 1 is 1.14 bits per heavy atom. The van der Waals surface area contributed by atoms with Crippen LogP contribution in [0.5, 0.6) is 0 Å². The number of ether oxygens (including phenoxy) is 1. The average Bonchev–Trinajstić information content (AvgIpc) is 2.55. The van der Waals surface area contributed by atoms with E-state index in [9.17, 15) is 9.59 Å². The van der Waals surface area contributed by atoms with Crippen molar-refractivity contribution in [2.45, 2.75) is 0 Å². The van der Waals surface area contributed by atoms with Gasteiger partial charge in [0.1, 0.15) is 0 Å². The first-order chi connectivity index (χ1) is 10.6. The van der Waals surface area contributed by atoms with Crippen LogP contribution in [0.2, 0.25) is 0 Å². The van der Waals surface area contributed by atoms with Crippen molar-refractivity contribution in [1.82, 2.24) is 5.43 Å². The Balaban J connectivity index is 1.99. The fourth-order valence-corrected chi connectivity index (χ4v) is 2.16. The molecular formula is C16H13BrN2O3. The second kappa shape index (κ2) is 7.51. The van der Waals surface area contributed by atoms with Gasteiger partial charge in [-0.05, 0) is 45.8 Å². The van der Waals surface area contributed by atoms with E-state index in [1.54, 1.807) is 42.5 Å². The minimum atomic E-state index is -0.397. The topological polar surface area (TPSA) is 67.8 Å². The number of halogens is 1. The molecule has 0 aliphatic heterocycles. The molecule has 0 bridgehead atoms. The van der Waals surface area contributed by atoms with Gasteiger partial charge in [-0.2, -0.15) is 5.10 Å². The Bertz CT molecular complexity index is 712. The van der Waals surface area contributed by atoms with Gasteiger partial charge in [-0.15, -0.1) is 0 Å². The van der Waals surface area contributed by atoms with E-state index in [1.807, 2.05) is 6.07 Å². The number of methoxy groups -OCH3 is 1. The molecule has 1 N–H and O–H groups in total. The summed E-state index contributed by atoms with van der Waals surface area (Å²) in [5.74, 6) is -0.708. The number of hydrazone groups is 1. The fourth-order valence-electron chi connectivity index (χ4n) is 1.69. The van der Waals surface area contributed by atoms with Crippen LogP contribution in [0.1, 0.15) is 26.3 Å². The number of amides is 1. The summed E-state index contributed by atoms with van der Waals surface area (Å²) in [7, 11) is 1.33. The number of carbonyl (C=O) groups excluding carboxylic acids is 2. The molecule has 0 spiro atoms. The van der Waals surface area contributed by atoms with Gasteiger partial charge in [-0.3, -0.25) is 4.79 Å². The average molecular weight is 361 g/mol. The van der Waals surface area contributed by atoms with Gasteiger partial charge in [0.2, 0.25) is 0 Å². The molecule has 0 aromatic heterocycles. The lowest BCUT2D eigenvalue weighted by Gasteiger charge is -2.02. The zero-order valence-corrected chi connectivity index (χ0v) is 13.3. The van der Waals surface area contributed by atoms with E-state index in [-0.39, 0.29) is 5.91 Å². The van der Waals surface area contributed by atoms with Crippen LogP contribution in [0.3, 0.4) is 0 Å². The van der Waals surface area contributed by atoms with E-state index in [1.165, 1.54) is 13.3 Å². The lowest BCUT2D eigenvalue weighted by Crippen LogP contribution is -2.18. The molecule has 0 unspecified atom stereocenters.